The number of benzene rings is 8. The van der Waals surface area contributed by atoms with Crippen LogP contribution in [0.15, 0.2) is 109 Å². The molecule has 1 aliphatic rings. The zero-order valence-corrected chi connectivity index (χ0v) is 22.8. The van der Waals surface area contributed by atoms with Gasteiger partial charge in [-0.1, -0.05) is 109 Å². The van der Waals surface area contributed by atoms with Gasteiger partial charge in [0.2, 0.25) is 0 Å². The Balaban J connectivity index is 1.28. The van der Waals surface area contributed by atoms with Crippen molar-refractivity contribution in [2.75, 3.05) is 13.2 Å². The molecule has 8 aromatic carbocycles. The molecule has 1 aliphatic heterocycles. The van der Waals surface area contributed by atoms with Gasteiger partial charge in [0.15, 0.2) is 11.5 Å². The van der Waals surface area contributed by atoms with Gasteiger partial charge in [0.05, 0.1) is 9.75 Å². The fourth-order valence-electron chi connectivity index (χ4n) is 7.17. The summed E-state index contributed by atoms with van der Waals surface area (Å²) >= 11 is 1.79. The molecule has 0 aliphatic carbocycles. The average Bonchev–Trinajstić information content (AvgIpc) is 3.41. The van der Waals surface area contributed by atoms with Crippen molar-refractivity contribution in [2.45, 2.75) is 0 Å². The lowest BCUT2D eigenvalue weighted by Gasteiger charge is -2.19. The first-order valence-electron chi connectivity index (χ1n) is 14.1. The van der Waals surface area contributed by atoms with E-state index in [9.17, 15) is 0 Å². The maximum atomic E-state index is 6.41. The van der Waals surface area contributed by atoms with Gasteiger partial charge < -0.3 is 9.47 Å². The Labute approximate surface area is 239 Å². The summed E-state index contributed by atoms with van der Waals surface area (Å²) in [6.07, 6.45) is 0. The van der Waals surface area contributed by atoms with Crippen LogP contribution in [0.1, 0.15) is 0 Å². The van der Waals surface area contributed by atoms with Gasteiger partial charge in [0.1, 0.15) is 13.2 Å². The second kappa shape index (κ2) is 7.87. The Morgan fingerprint density at radius 2 is 0.756 bits per heavy atom. The predicted molar refractivity (Wildman–Crippen MR) is 174 cm³/mol. The van der Waals surface area contributed by atoms with E-state index in [0.29, 0.717) is 13.2 Å². The first-order valence-corrected chi connectivity index (χ1v) is 14.9. The molecule has 2 heterocycles. The fourth-order valence-corrected chi connectivity index (χ4v) is 8.44. The van der Waals surface area contributed by atoms with Crippen molar-refractivity contribution >= 4 is 76.0 Å². The van der Waals surface area contributed by atoms with E-state index in [1.165, 1.54) is 75.8 Å². The normalized spacial score (nSPS) is 13.6. The second-order valence-corrected chi connectivity index (χ2v) is 12.1. The molecule has 0 unspecified atom stereocenters. The molecule has 0 saturated carbocycles. The fraction of sp³-hybridized carbons (Fsp3) is 0.0526. The van der Waals surface area contributed by atoms with E-state index in [1.807, 2.05) is 0 Å². The van der Waals surface area contributed by atoms with Gasteiger partial charge in [0, 0.05) is 11.1 Å². The zero-order valence-electron chi connectivity index (χ0n) is 22.0. The molecule has 0 fully saturated rings. The van der Waals surface area contributed by atoms with Gasteiger partial charge in [-0.25, -0.2) is 0 Å². The Morgan fingerprint density at radius 1 is 0.390 bits per heavy atom. The molecule has 0 N–H and O–H groups in total. The Hall–Kier alpha value is -4.86. The minimum absolute atomic E-state index is 0.556. The molecule has 0 bridgehead atoms. The standard InChI is InChI=1S/C38H22O2S/c1-3-21-7-9-25-13-17-29(27-15-11-23(5-1)31(21)33(25)27)37-35-36(40-20-19-39-35)38(41-37)30-18-14-26-10-8-22-4-2-6-24-12-16-28(30)34(26)32(22)24/h1-18H,19-20H2. The second-order valence-electron chi connectivity index (χ2n) is 11.1. The lowest BCUT2D eigenvalue weighted by atomic mass is 9.91. The minimum atomic E-state index is 0.556. The highest BCUT2D eigenvalue weighted by molar-refractivity contribution is 7.20. The molecular formula is C38H22O2S. The number of rotatable bonds is 2. The van der Waals surface area contributed by atoms with Crippen LogP contribution in [0.3, 0.4) is 0 Å². The van der Waals surface area contributed by atoms with E-state index in [2.05, 4.69) is 109 Å². The van der Waals surface area contributed by atoms with Crippen molar-refractivity contribution in [1.82, 2.24) is 0 Å². The molecule has 2 nitrogen and oxygen atoms in total. The van der Waals surface area contributed by atoms with E-state index >= 15 is 0 Å². The van der Waals surface area contributed by atoms with Gasteiger partial charge in [-0.3, -0.25) is 0 Å². The third-order valence-electron chi connectivity index (χ3n) is 8.95. The maximum absolute atomic E-state index is 6.41. The Kier molecular flexibility index (Phi) is 4.20. The number of thiophene rings is 1. The van der Waals surface area contributed by atoms with Crippen molar-refractivity contribution < 1.29 is 9.47 Å². The van der Waals surface area contributed by atoms with E-state index < -0.39 is 0 Å². The third-order valence-corrected chi connectivity index (χ3v) is 10.2. The van der Waals surface area contributed by atoms with Gasteiger partial charge in [0.25, 0.3) is 0 Å². The molecule has 0 radical (unpaired) electrons. The lowest BCUT2D eigenvalue weighted by Crippen LogP contribution is -2.14. The molecule has 41 heavy (non-hydrogen) atoms. The van der Waals surface area contributed by atoms with Crippen molar-refractivity contribution in [1.29, 1.82) is 0 Å². The van der Waals surface area contributed by atoms with Crippen molar-refractivity contribution in [3.63, 3.8) is 0 Å². The molecule has 0 amide bonds. The van der Waals surface area contributed by atoms with Crippen LogP contribution in [0.2, 0.25) is 0 Å². The predicted octanol–water partition coefficient (Wildman–Crippen LogP) is 10.6. The first kappa shape index (κ1) is 21.9. The number of hydrogen-bond donors (Lipinski definition) is 0. The minimum Gasteiger partial charge on any atom is -0.485 e. The van der Waals surface area contributed by atoms with Crippen LogP contribution in [0.25, 0.3) is 85.5 Å². The summed E-state index contributed by atoms with van der Waals surface area (Å²) < 4.78 is 12.8. The zero-order chi connectivity index (χ0) is 26.7. The summed E-state index contributed by atoms with van der Waals surface area (Å²) in [6, 6.07) is 40.2. The highest BCUT2D eigenvalue weighted by Crippen LogP contribution is 2.56. The van der Waals surface area contributed by atoms with Crippen LogP contribution in [0.4, 0.5) is 0 Å². The molecule has 0 saturated heterocycles. The van der Waals surface area contributed by atoms with Gasteiger partial charge in [-0.05, 0) is 64.6 Å². The summed E-state index contributed by atoms with van der Waals surface area (Å²) in [5.41, 5.74) is 2.40. The van der Waals surface area contributed by atoms with Crippen LogP contribution in [-0.2, 0) is 0 Å². The van der Waals surface area contributed by atoms with E-state index in [-0.39, 0.29) is 0 Å². The largest absolute Gasteiger partial charge is 0.485 e. The van der Waals surface area contributed by atoms with Gasteiger partial charge >= 0.3 is 0 Å². The monoisotopic (exact) mass is 542 g/mol. The van der Waals surface area contributed by atoms with E-state index in [1.54, 1.807) is 11.3 Å². The summed E-state index contributed by atoms with van der Waals surface area (Å²) in [5.74, 6) is 1.74. The summed E-state index contributed by atoms with van der Waals surface area (Å²) in [6.45, 7) is 1.11. The topological polar surface area (TPSA) is 18.5 Å². The van der Waals surface area contributed by atoms with Crippen LogP contribution >= 0.6 is 11.3 Å². The highest BCUT2D eigenvalue weighted by Gasteiger charge is 2.28. The van der Waals surface area contributed by atoms with Crippen molar-refractivity contribution in [3.05, 3.63) is 109 Å². The van der Waals surface area contributed by atoms with Crippen molar-refractivity contribution in [2.24, 2.45) is 0 Å². The Morgan fingerprint density at radius 3 is 1.20 bits per heavy atom. The molecule has 10 rings (SSSR count). The first-order chi connectivity index (χ1) is 20.3. The van der Waals surface area contributed by atoms with Gasteiger partial charge in [-0.2, -0.15) is 0 Å². The molecule has 192 valence electrons. The molecule has 1 aromatic heterocycles. The Bertz CT molecular complexity index is 2280. The smallest absolute Gasteiger partial charge is 0.180 e. The number of fused-ring (bicyclic) bond motifs is 1. The molecule has 0 spiro atoms. The van der Waals surface area contributed by atoms with E-state index in [0.717, 1.165) is 21.3 Å². The maximum Gasteiger partial charge on any atom is 0.180 e. The molecule has 3 heteroatoms. The average molecular weight is 543 g/mol. The summed E-state index contributed by atoms with van der Waals surface area (Å²) in [4.78, 5) is 2.27. The molecule has 0 atom stereocenters. The quantitative estimate of drug-likeness (QED) is 0.202. The van der Waals surface area contributed by atoms with E-state index in [4.69, 9.17) is 9.47 Å². The third kappa shape index (κ3) is 2.86. The highest BCUT2D eigenvalue weighted by atomic mass is 32.1. The number of hydrogen-bond acceptors (Lipinski definition) is 3. The number of ether oxygens (including phenoxy) is 2. The SMILES string of the molecule is c1cc2ccc3ccc(-c4sc(-c5ccc6ccc7cccc8ccc5c6c78)c5c4OCCO5)c4ccc(c1)c2c34. The summed E-state index contributed by atoms with van der Waals surface area (Å²) in [7, 11) is 0. The van der Waals surface area contributed by atoms with Crippen LogP contribution in [0, 0.1) is 0 Å². The summed E-state index contributed by atoms with van der Waals surface area (Å²) in [5, 5.41) is 15.5. The molecular weight excluding hydrogens is 520 g/mol. The van der Waals surface area contributed by atoms with Crippen LogP contribution in [0.5, 0.6) is 11.5 Å². The molecule has 9 aromatic rings. The lowest BCUT2D eigenvalue weighted by molar-refractivity contribution is 0.175. The van der Waals surface area contributed by atoms with Gasteiger partial charge in [-0.15, -0.1) is 11.3 Å². The van der Waals surface area contributed by atoms with Crippen LogP contribution < -0.4 is 9.47 Å². The van der Waals surface area contributed by atoms with Crippen molar-refractivity contribution in [3.8, 4) is 32.4 Å². The van der Waals surface area contributed by atoms with Crippen LogP contribution in [-0.4, -0.2) is 13.2 Å².